The summed E-state index contributed by atoms with van der Waals surface area (Å²) in [6.45, 7) is 4.37. The number of esters is 2. The largest absolute Gasteiger partial charge is 0.435 e. The van der Waals surface area contributed by atoms with Gasteiger partial charge in [-0.25, -0.2) is 14.7 Å². The van der Waals surface area contributed by atoms with Gasteiger partial charge in [-0.1, -0.05) is 18.3 Å². The van der Waals surface area contributed by atoms with Gasteiger partial charge in [-0.2, -0.15) is 0 Å². The Labute approximate surface area is 153 Å². The fourth-order valence-corrected chi connectivity index (χ4v) is 4.16. The van der Waals surface area contributed by atoms with Gasteiger partial charge in [0.25, 0.3) is 0 Å². The van der Waals surface area contributed by atoms with Gasteiger partial charge < -0.3 is 9.47 Å². The fraction of sp³-hybridized carbons (Fsp3) is 0.562. The first-order valence-corrected chi connectivity index (χ1v) is 8.94. The number of amides is 2. The molecule has 3 unspecified atom stereocenters. The summed E-state index contributed by atoms with van der Waals surface area (Å²) in [5, 5.41) is 0.246. The number of ether oxygens (including phenoxy) is 2. The lowest BCUT2D eigenvalue weighted by molar-refractivity contribution is -0.170. The van der Waals surface area contributed by atoms with Crippen LogP contribution >= 0.6 is 11.3 Å². The molecule has 0 bridgehead atoms. The molecule has 0 saturated carbocycles. The quantitative estimate of drug-likeness (QED) is 0.731. The van der Waals surface area contributed by atoms with Crippen LogP contribution in [0.25, 0.3) is 0 Å². The van der Waals surface area contributed by atoms with Crippen LogP contribution in [0.15, 0.2) is 0 Å². The molecule has 10 heteroatoms. The van der Waals surface area contributed by atoms with Gasteiger partial charge in [0.2, 0.25) is 12.5 Å². The van der Waals surface area contributed by atoms with Crippen LogP contribution in [0.5, 0.6) is 0 Å². The zero-order valence-electron chi connectivity index (χ0n) is 14.8. The van der Waals surface area contributed by atoms with E-state index in [-0.39, 0.29) is 16.8 Å². The number of carbonyl (C=O) groups excluding carboxylic acids is 4. The summed E-state index contributed by atoms with van der Waals surface area (Å²) in [7, 11) is 1.44. The number of Topliss-reactive ketones (excluding diaryl/α,β-unsaturated/α-hetero) is 1. The van der Waals surface area contributed by atoms with Crippen molar-refractivity contribution in [3.63, 3.8) is 0 Å². The molecule has 1 saturated heterocycles. The second-order valence-electron chi connectivity index (χ2n) is 6.47. The second kappa shape index (κ2) is 6.67. The van der Waals surface area contributed by atoms with E-state index < -0.39 is 30.4 Å². The molecule has 26 heavy (non-hydrogen) atoms. The molecule has 2 aliphatic rings. The zero-order valence-corrected chi connectivity index (χ0v) is 15.7. The maximum Gasteiger partial charge on any atom is 0.332 e. The number of hydrogen-bond acceptors (Lipinski definition) is 8. The lowest BCUT2D eigenvalue weighted by Gasteiger charge is -2.24. The molecule has 140 valence electrons. The number of fused-ring (bicyclic) bond motifs is 1. The molecule has 0 spiro atoms. The highest BCUT2D eigenvalue weighted by atomic mass is 32.1. The van der Waals surface area contributed by atoms with Crippen LogP contribution in [0.3, 0.4) is 0 Å². The molecule has 2 amide bonds. The summed E-state index contributed by atoms with van der Waals surface area (Å²) < 4.78 is 10.4. The fourth-order valence-electron chi connectivity index (χ4n) is 3.10. The van der Waals surface area contributed by atoms with Gasteiger partial charge in [-0.15, -0.1) is 0 Å². The highest BCUT2D eigenvalue weighted by Crippen LogP contribution is 2.38. The van der Waals surface area contributed by atoms with Gasteiger partial charge in [0.15, 0.2) is 10.9 Å². The summed E-state index contributed by atoms with van der Waals surface area (Å²) >= 11 is 1.09. The smallest absolute Gasteiger partial charge is 0.332 e. The van der Waals surface area contributed by atoms with Crippen LogP contribution in [0.1, 0.15) is 42.6 Å². The van der Waals surface area contributed by atoms with Gasteiger partial charge in [0.05, 0.1) is 10.6 Å². The van der Waals surface area contributed by atoms with E-state index in [4.69, 9.17) is 9.47 Å². The minimum atomic E-state index is -1.17. The van der Waals surface area contributed by atoms with Gasteiger partial charge in [0, 0.05) is 27.3 Å². The highest BCUT2D eigenvalue weighted by molar-refractivity contribution is 7.17. The second-order valence-corrected chi connectivity index (χ2v) is 7.45. The maximum atomic E-state index is 12.7. The van der Waals surface area contributed by atoms with Crippen LogP contribution < -0.4 is 4.90 Å². The predicted octanol–water partition coefficient (Wildman–Crippen LogP) is 1.56. The molecule has 1 fully saturated rings. The molecule has 1 aliphatic heterocycles. The van der Waals surface area contributed by atoms with Gasteiger partial charge in [-0.05, 0) is 12.3 Å². The number of nitrogens with zero attached hydrogens (tertiary/aromatic N) is 3. The molecule has 1 aliphatic carbocycles. The molecule has 3 rings (SSSR count). The molecule has 0 radical (unpaired) electrons. The minimum absolute atomic E-state index is 0.0110. The molecule has 0 aromatic carbocycles. The van der Waals surface area contributed by atoms with Crippen LogP contribution in [0.2, 0.25) is 0 Å². The van der Waals surface area contributed by atoms with E-state index in [1.54, 1.807) is 0 Å². The average Bonchev–Trinajstić information content (AvgIpc) is 3.02. The van der Waals surface area contributed by atoms with Crippen LogP contribution in [0, 0.1) is 5.92 Å². The number of likely N-dealkylation sites (N-methyl/N-ethyl adjacent to an activating group) is 1. The van der Waals surface area contributed by atoms with Gasteiger partial charge >= 0.3 is 18.0 Å². The Morgan fingerprint density at radius 1 is 1.12 bits per heavy atom. The zero-order chi connectivity index (χ0) is 19.2. The first-order chi connectivity index (χ1) is 12.2. The number of carbonyl (C=O) groups is 4. The van der Waals surface area contributed by atoms with Crippen LogP contribution in [-0.4, -0.2) is 53.1 Å². The Kier molecular flexibility index (Phi) is 4.70. The summed E-state index contributed by atoms with van der Waals surface area (Å²) in [6.07, 6.45) is -1.19. The lowest BCUT2D eigenvalue weighted by atomic mass is 9.92. The van der Waals surface area contributed by atoms with E-state index in [1.165, 1.54) is 25.8 Å². The lowest BCUT2D eigenvalue weighted by Crippen LogP contribution is -2.42. The Bertz CT molecular complexity index is 791. The number of rotatable bonds is 3. The van der Waals surface area contributed by atoms with Gasteiger partial charge in [-0.3, -0.25) is 19.3 Å². The third-order valence-corrected chi connectivity index (χ3v) is 5.32. The molecular weight excluding hydrogens is 362 g/mol. The van der Waals surface area contributed by atoms with Crippen molar-refractivity contribution in [2.24, 2.45) is 5.92 Å². The van der Waals surface area contributed by atoms with E-state index in [0.29, 0.717) is 23.4 Å². The van der Waals surface area contributed by atoms with Crippen molar-refractivity contribution in [2.75, 3.05) is 11.9 Å². The summed E-state index contributed by atoms with van der Waals surface area (Å²) in [5.74, 6) is -1.08. The number of aromatic nitrogens is 1. The molecule has 0 N–H and O–H groups in total. The minimum Gasteiger partial charge on any atom is -0.435 e. The Morgan fingerprint density at radius 3 is 2.35 bits per heavy atom. The Hall–Kier alpha value is -2.49. The van der Waals surface area contributed by atoms with E-state index in [1.807, 2.05) is 6.92 Å². The number of urea groups is 1. The van der Waals surface area contributed by atoms with E-state index >= 15 is 0 Å². The first-order valence-electron chi connectivity index (χ1n) is 8.12. The van der Waals surface area contributed by atoms with Crippen molar-refractivity contribution >= 4 is 40.2 Å². The van der Waals surface area contributed by atoms with Crippen molar-refractivity contribution in [1.82, 2.24) is 9.88 Å². The molecule has 9 nitrogen and oxygen atoms in total. The average molecular weight is 381 g/mol. The monoisotopic (exact) mass is 381 g/mol. The van der Waals surface area contributed by atoms with Gasteiger partial charge in [0.1, 0.15) is 0 Å². The van der Waals surface area contributed by atoms with Crippen molar-refractivity contribution < 1.29 is 28.7 Å². The third kappa shape index (κ3) is 3.16. The summed E-state index contributed by atoms with van der Waals surface area (Å²) in [6, 6.07) is -0.533. The van der Waals surface area contributed by atoms with Crippen molar-refractivity contribution in [3.05, 3.63) is 10.6 Å². The Balaban J connectivity index is 2.00. The van der Waals surface area contributed by atoms with E-state index in [0.717, 1.165) is 16.2 Å². The summed E-state index contributed by atoms with van der Waals surface area (Å²) in [4.78, 5) is 55.1. The topological polar surface area (TPSA) is 106 Å². The normalized spacial score (nSPS) is 25.3. The number of hydrogen-bond donors (Lipinski definition) is 0. The van der Waals surface area contributed by atoms with E-state index in [2.05, 4.69) is 4.98 Å². The standard InChI is InChI=1S/C16H19N3O6S/c1-7-5-10-12(11(22)6-7)26-15(17-10)19-14(25-9(3)21)13(24-8(2)20)18(4)16(19)23/h7,13-14H,5-6H2,1-4H3. The van der Waals surface area contributed by atoms with Crippen LogP contribution in [0.4, 0.5) is 9.93 Å². The Morgan fingerprint density at radius 2 is 1.73 bits per heavy atom. The summed E-state index contributed by atoms with van der Waals surface area (Å²) in [5.41, 5.74) is 0.640. The van der Waals surface area contributed by atoms with Crippen molar-refractivity contribution in [1.29, 1.82) is 0 Å². The number of thiazole rings is 1. The number of anilines is 1. The molecule has 1 aromatic rings. The highest BCUT2D eigenvalue weighted by Gasteiger charge is 2.50. The van der Waals surface area contributed by atoms with Crippen LogP contribution in [-0.2, 0) is 25.5 Å². The molecule has 3 atom stereocenters. The van der Waals surface area contributed by atoms with Crippen molar-refractivity contribution in [2.45, 2.75) is 46.1 Å². The molecule has 2 heterocycles. The SMILES string of the molecule is CC(=O)OC1C(OC(C)=O)N(c2nc3c(s2)C(=O)CC(C)C3)C(=O)N1C. The predicted molar refractivity (Wildman–Crippen MR) is 90.7 cm³/mol. The van der Waals surface area contributed by atoms with Crippen molar-refractivity contribution in [3.8, 4) is 0 Å². The third-order valence-electron chi connectivity index (χ3n) is 4.18. The molecule has 1 aromatic heterocycles. The maximum absolute atomic E-state index is 12.7. The first kappa shape index (κ1) is 18.3. The molecular formula is C16H19N3O6S. The van der Waals surface area contributed by atoms with E-state index in [9.17, 15) is 19.2 Å². The number of ketones is 1.